The molecule has 2 amide bonds. The maximum atomic E-state index is 12.9. The molecule has 1 saturated heterocycles. The Morgan fingerprint density at radius 3 is 2.72 bits per heavy atom. The van der Waals surface area contributed by atoms with Gasteiger partial charge < -0.3 is 4.90 Å². The van der Waals surface area contributed by atoms with Crippen molar-refractivity contribution in [3.05, 3.63) is 64.1 Å². The Hall–Kier alpha value is -2.58. The molecule has 0 bridgehead atoms. The second kappa shape index (κ2) is 8.42. The molecule has 29 heavy (non-hydrogen) atoms. The van der Waals surface area contributed by atoms with Gasteiger partial charge in [-0.15, -0.1) is 10.2 Å². The van der Waals surface area contributed by atoms with Crippen molar-refractivity contribution in [1.82, 2.24) is 15.1 Å². The molecule has 0 saturated carbocycles. The topological polar surface area (TPSA) is 75.2 Å². The lowest BCUT2D eigenvalue weighted by molar-refractivity contribution is -0.119. The van der Waals surface area contributed by atoms with E-state index in [1.54, 1.807) is 17.0 Å². The van der Waals surface area contributed by atoms with Crippen LogP contribution in [-0.2, 0) is 4.79 Å². The van der Waals surface area contributed by atoms with Crippen LogP contribution in [0.5, 0.6) is 0 Å². The van der Waals surface area contributed by atoms with Crippen LogP contribution in [0.2, 0.25) is 0 Å². The number of hydrogen-bond acceptors (Lipinski definition) is 5. The third-order valence-corrected chi connectivity index (χ3v) is 6.22. The van der Waals surface area contributed by atoms with Crippen molar-refractivity contribution in [2.75, 3.05) is 11.9 Å². The number of nitrogens with one attached hydrogen (secondary N) is 1. The van der Waals surface area contributed by atoms with Gasteiger partial charge >= 0.3 is 0 Å². The summed E-state index contributed by atoms with van der Waals surface area (Å²) in [6.45, 7) is 2.59. The van der Waals surface area contributed by atoms with E-state index in [9.17, 15) is 9.59 Å². The summed E-state index contributed by atoms with van der Waals surface area (Å²) in [4.78, 5) is 27.4. The number of hydrogen-bond donors (Lipinski definition) is 1. The standard InChI is InChI=1S/C21H19BrN4O2S/c1-13-7-9-14(10-8-13)19-24-25-21(29-19)23-18(27)17-6-3-11-26(17)20(28)15-4-2-5-16(22)12-15/h2,4-5,7-10,12,17H,3,6,11H2,1H3,(H,23,25,27). The summed E-state index contributed by atoms with van der Waals surface area (Å²) in [6.07, 6.45) is 1.43. The number of likely N-dealkylation sites (tertiary alicyclic amines) is 1. The third kappa shape index (κ3) is 4.38. The van der Waals surface area contributed by atoms with Crippen LogP contribution < -0.4 is 5.32 Å². The molecule has 1 N–H and O–H groups in total. The quantitative estimate of drug-likeness (QED) is 0.607. The molecule has 6 nitrogen and oxygen atoms in total. The second-order valence-corrected chi connectivity index (χ2v) is 8.83. The number of carbonyl (C=O) groups is 2. The molecule has 2 heterocycles. The van der Waals surface area contributed by atoms with Gasteiger partial charge in [0.1, 0.15) is 11.0 Å². The van der Waals surface area contributed by atoms with E-state index >= 15 is 0 Å². The molecular formula is C21H19BrN4O2S. The van der Waals surface area contributed by atoms with Crippen molar-refractivity contribution < 1.29 is 9.59 Å². The predicted octanol–water partition coefficient (Wildman–Crippen LogP) is 4.52. The lowest BCUT2D eigenvalue weighted by Gasteiger charge is -2.23. The number of rotatable bonds is 4. The smallest absolute Gasteiger partial charge is 0.254 e. The fourth-order valence-corrected chi connectivity index (χ4v) is 4.50. The van der Waals surface area contributed by atoms with E-state index in [0.717, 1.165) is 21.5 Å². The normalized spacial score (nSPS) is 16.1. The highest BCUT2D eigenvalue weighted by atomic mass is 79.9. The van der Waals surface area contributed by atoms with E-state index in [4.69, 9.17) is 0 Å². The van der Waals surface area contributed by atoms with Crippen molar-refractivity contribution in [2.45, 2.75) is 25.8 Å². The lowest BCUT2D eigenvalue weighted by atomic mass is 10.1. The maximum Gasteiger partial charge on any atom is 0.254 e. The summed E-state index contributed by atoms with van der Waals surface area (Å²) < 4.78 is 0.834. The molecule has 1 unspecified atom stereocenters. The van der Waals surface area contributed by atoms with Gasteiger partial charge in [0.25, 0.3) is 5.91 Å². The molecule has 0 spiro atoms. The first-order chi connectivity index (χ1) is 14.0. The zero-order valence-electron chi connectivity index (χ0n) is 15.8. The second-order valence-electron chi connectivity index (χ2n) is 6.93. The molecular weight excluding hydrogens is 452 g/mol. The van der Waals surface area contributed by atoms with Gasteiger partial charge in [-0.25, -0.2) is 0 Å². The van der Waals surface area contributed by atoms with Crippen molar-refractivity contribution in [3.63, 3.8) is 0 Å². The molecule has 1 aromatic heterocycles. The summed E-state index contributed by atoms with van der Waals surface area (Å²) >= 11 is 4.71. The van der Waals surface area contributed by atoms with Gasteiger partial charge in [0.2, 0.25) is 11.0 Å². The number of carbonyl (C=O) groups excluding carboxylic acids is 2. The van der Waals surface area contributed by atoms with Gasteiger partial charge in [0.15, 0.2) is 0 Å². The van der Waals surface area contributed by atoms with Gasteiger partial charge in [0.05, 0.1) is 0 Å². The summed E-state index contributed by atoms with van der Waals surface area (Å²) in [6, 6.07) is 14.7. The van der Waals surface area contributed by atoms with Crippen LogP contribution in [0.25, 0.3) is 10.6 Å². The Morgan fingerprint density at radius 1 is 1.17 bits per heavy atom. The molecule has 1 fully saturated rings. The Morgan fingerprint density at radius 2 is 1.97 bits per heavy atom. The Bertz CT molecular complexity index is 1050. The minimum atomic E-state index is -0.506. The van der Waals surface area contributed by atoms with Crippen LogP contribution in [0.15, 0.2) is 53.0 Å². The monoisotopic (exact) mass is 470 g/mol. The Balaban J connectivity index is 1.46. The SMILES string of the molecule is Cc1ccc(-c2nnc(NC(=O)C3CCCN3C(=O)c3cccc(Br)c3)s2)cc1. The fraction of sp³-hybridized carbons (Fsp3) is 0.238. The van der Waals surface area contributed by atoms with Crippen LogP contribution in [0.4, 0.5) is 5.13 Å². The van der Waals surface area contributed by atoms with Crippen molar-refractivity contribution in [3.8, 4) is 10.6 Å². The minimum absolute atomic E-state index is 0.137. The molecule has 0 aliphatic carbocycles. The van der Waals surface area contributed by atoms with Crippen LogP contribution in [0.1, 0.15) is 28.8 Å². The third-order valence-electron chi connectivity index (χ3n) is 4.84. The van der Waals surface area contributed by atoms with Crippen LogP contribution >= 0.6 is 27.3 Å². The number of aromatic nitrogens is 2. The predicted molar refractivity (Wildman–Crippen MR) is 117 cm³/mol. The number of aryl methyl sites for hydroxylation is 1. The van der Waals surface area contributed by atoms with E-state index in [0.29, 0.717) is 23.7 Å². The van der Waals surface area contributed by atoms with Crippen LogP contribution in [0.3, 0.4) is 0 Å². The van der Waals surface area contributed by atoms with Crippen LogP contribution in [0, 0.1) is 6.92 Å². The van der Waals surface area contributed by atoms with E-state index in [2.05, 4.69) is 31.4 Å². The summed E-state index contributed by atoms with van der Waals surface area (Å²) in [5, 5.41) is 12.3. The molecule has 1 atom stereocenters. The number of benzene rings is 2. The average molecular weight is 471 g/mol. The molecule has 4 rings (SSSR count). The minimum Gasteiger partial charge on any atom is -0.327 e. The molecule has 1 aliphatic rings. The zero-order chi connectivity index (χ0) is 20.4. The number of nitrogens with zero attached hydrogens (tertiary/aromatic N) is 3. The number of anilines is 1. The Kier molecular flexibility index (Phi) is 5.73. The molecule has 3 aromatic rings. The van der Waals surface area contributed by atoms with Gasteiger partial charge in [-0.1, -0.05) is 63.2 Å². The first-order valence-electron chi connectivity index (χ1n) is 9.29. The van der Waals surface area contributed by atoms with E-state index in [1.165, 1.54) is 16.9 Å². The van der Waals surface area contributed by atoms with E-state index in [1.807, 2.05) is 43.3 Å². The van der Waals surface area contributed by atoms with Crippen molar-refractivity contribution in [1.29, 1.82) is 0 Å². The van der Waals surface area contributed by atoms with E-state index in [-0.39, 0.29) is 11.8 Å². The van der Waals surface area contributed by atoms with Gasteiger partial charge in [0, 0.05) is 22.1 Å². The highest BCUT2D eigenvalue weighted by Gasteiger charge is 2.35. The molecule has 1 aliphatic heterocycles. The van der Waals surface area contributed by atoms with Crippen molar-refractivity contribution >= 4 is 44.2 Å². The largest absolute Gasteiger partial charge is 0.327 e. The molecule has 0 radical (unpaired) electrons. The first kappa shape index (κ1) is 19.7. The van der Waals surface area contributed by atoms with E-state index < -0.39 is 6.04 Å². The van der Waals surface area contributed by atoms with Gasteiger partial charge in [-0.05, 0) is 38.0 Å². The lowest BCUT2D eigenvalue weighted by Crippen LogP contribution is -2.43. The number of amides is 2. The van der Waals surface area contributed by atoms with Gasteiger partial charge in [-0.2, -0.15) is 0 Å². The van der Waals surface area contributed by atoms with Gasteiger partial charge in [-0.3, -0.25) is 14.9 Å². The average Bonchev–Trinajstić information content (AvgIpc) is 3.38. The summed E-state index contributed by atoms with van der Waals surface area (Å²) in [7, 11) is 0. The number of halogens is 1. The molecule has 148 valence electrons. The Labute approximate surface area is 181 Å². The summed E-state index contributed by atoms with van der Waals surface area (Å²) in [5.74, 6) is -0.362. The fourth-order valence-electron chi connectivity index (χ4n) is 3.34. The highest BCUT2D eigenvalue weighted by molar-refractivity contribution is 9.10. The van der Waals surface area contributed by atoms with Crippen LogP contribution in [-0.4, -0.2) is 39.5 Å². The van der Waals surface area contributed by atoms with Crippen molar-refractivity contribution in [2.24, 2.45) is 0 Å². The molecule has 8 heteroatoms. The zero-order valence-corrected chi connectivity index (χ0v) is 18.2. The summed E-state index contributed by atoms with van der Waals surface area (Å²) in [5.41, 5.74) is 2.70. The first-order valence-corrected chi connectivity index (χ1v) is 10.9. The molecule has 2 aromatic carbocycles. The maximum absolute atomic E-state index is 12.9. The highest BCUT2D eigenvalue weighted by Crippen LogP contribution is 2.28.